The molecule has 0 saturated heterocycles. The average Bonchev–Trinajstić information content (AvgIpc) is 3.10. The van der Waals surface area contributed by atoms with Crippen molar-refractivity contribution in [3.05, 3.63) is 48.0 Å². The van der Waals surface area contributed by atoms with Gasteiger partial charge in [0.05, 0.1) is 11.5 Å². The highest BCUT2D eigenvalue weighted by atomic mass is 32.2. The minimum absolute atomic E-state index is 0.232. The van der Waals surface area contributed by atoms with Gasteiger partial charge in [-0.05, 0) is 31.2 Å². The van der Waals surface area contributed by atoms with E-state index in [0.29, 0.717) is 41.8 Å². The summed E-state index contributed by atoms with van der Waals surface area (Å²) in [4.78, 5) is 4.69. The number of ether oxygens (including phenoxy) is 1. The molecule has 0 aliphatic heterocycles. The third-order valence-electron chi connectivity index (χ3n) is 4.31. The van der Waals surface area contributed by atoms with Crippen LogP contribution in [0.4, 0.5) is 0 Å². The van der Waals surface area contributed by atoms with Crippen molar-refractivity contribution in [1.82, 2.24) is 9.29 Å². The first-order chi connectivity index (χ1) is 13.5. The Balaban J connectivity index is 1.82. The second-order valence-corrected chi connectivity index (χ2v) is 8.89. The Morgan fingerprint density at radius 2 is 1.86 bits per heavy atom. The minimum Gasteiger partial charge on any atom is -0.494 e. The first kappa shape index (κ1) is 20.7. The van der Waals surface area contributed by atoms with Crippen LogP contribution in [-0.4, -0.2) is 37.4 Å². The van der Waals surface area contributed by atoms with Crippen LogP contribution >= 0.6 is 11.8 Å². The second-order valence-electron chi connectivity index (χ2n) is 6.03. The van der Waals surface area contributed by atoms with Crippen LogP contribution in [0.5, 0.6) is 5.75 Å². The van der Waals surface area contributed by atoms with E-state index in [1.165, 1.54) is 16.1 Å². The first-order valence-electron chi connectivity index (χ1n) is 9.23. The molecule has 2 aromatic carbocycles. The van der Waals surface area contributed by atoms with Crippen LogP contribution in [0.25, 0.3) is 11.1 Å². The smallest absolute Gasteiger partial charge is 0.257 e. The quantitative estimate of drug-likeness (QED) is 0.473. The predicted molar refractivity (Wildman–Crippen MR) is 111 cm³/mol. The number of sulfonamides is 1. The van der Waals surface area contributed by atoms with Gasteiger partial charge in [-0.3, -0.25) is 0 Å². The highest BCUT2D eigenvalue weighted by molar-refractivity contribution is 7.98. The third-order valence-corrected chi connectivity index (χ3v) is 7.23. The van der Waals surface area contributed by atoms with Gasteiger partial charge >= 0.3 is 0 Å². The van der Waals surface area contributed by atoms with E-state index >= 15 is 0 Å². The molecule has 0 radical (unpaired) electrons. The fraction of sp³-hybridized carbons (Fsp3) is 0.350. The van der Waals surface area contributed by atoms with Crippen LogP contribution in [0.2, 0.25) is 0 Å². The van der Waals surface area contributed by atoms with Crippen molar-refractivity contribution in [2.75, 3.05) is 19.7 Å². The van der Waals surface area contributed by atoms with Crippen molar-refractivity contribution in [3.8, 4) is 5.75 Å². The highest BCUT2D eigenvalue weighted by Crippen LogP contribution is 2.31. The maximum atomic E-state index is 12.7. The lowest BCUT2D eigenvalue weighted by Crippen LogP contribution is -2.30. The zero-order valence-corrected chi connectivity index (χ0v) is 17.8. The number of rotatable bonds is 9. The number of thioether (sulfide) groups is 1. The Morgan fingerprint density at radius 3 is 2.57 bits per heavy atom. The zero-order valence-electron chi connectivity index (χ0n) is 16.2. The fourth-order valence-corrected chi connectivity index (χ4v) is 5.19. The van der Waals surface area contributed by atoms with Crippen LogP contribution in [0.15, 0.2) is 57.0 Å². The minimum atomic E-state index is -3.52. The van der Waals surface area contributed by atoms with Crippen molar-refractivity contribution < 1.29 is 17.6 Å². The monoisotopic (exact) mass is 420 g/mol. The summed E-state index contributed by atoms with van der Waals surface area (Å²) in [6, 6.07) is 12.7. The van der Waals surface area contributed by atoms with Gasteiger partial charge in [0.25, 0.3) is 5.22 Å². The van der Waals surface area contributed by atoms with Crippen LogP contribution in [0.1, 0.15) is 26.3 Å². The summed E-state index contributed by atoms with van der Waals surface area (Å²) in [5.74, 6) is 1.49. The molecular formula is C20H24N2O4S2. The van der Waals surface area contributed by atoms with E-state index in [0.717, 1.165) is 11.3 Å². The normalized spacial score (nSPS) is 12.0. The molecule has 0 aliphatic rings. The van der Waals surface area contributed by atoms with E-state index in [9.17, 15) is 8.42 Å². The summed E-state index contributed by atoms with van der Waals surface area (Å²) in [5.41, 5.74) is 2.16. The number of hydrogen-bond donors (Lipinski definition) is 0. The topological polar surface area (TPSA) is 72.6 Å². The van der Waals surface area contributed by atoms with Gasteiger partial charge in [0.15, 0.2) is 5.58 Å². The van der Waals surface area contributed by atoms with Crippen molar-refractivity contribution in [3.63, 3.8) is 0 Å². The SMILES string of the molecule is CCOc1ccccc1CSc1nc2cc(S(=O)(=O)N(CC)CC)ccc2o1. The summed E-state index contributed by atoms with van der Waals surface area (Å²) < 4.78 is 38.2. The van der Waals surface area contributed by atoms with Crippen LogP contribution in [-0.2, 0) is 15.8 Å². The van der Waals surface area contributed by atoms with Crippen molar-refractivity contribution in [1.29, 1.82) is 0 Å². The molecule has 28 heavy (non-hydrogen) atoms. The zero-order chi connectivity index (χ0) is 20.1. The molecule has 0 unspecified atom stereocenters. The van der Waals surface area contributed by atoms with Gasteiger partial charge < -0.3 is 9.15 Å². The number of benzene rings is 2. The van der Waals surface area contributed by atoms with Gasteiger partial charge in [0, 0.05) is 24.4 Å². The average molecular weight is 421 g/mol. The van der Waals surface area contributed by atoms with Crippen LogP contribution in [0, 0.1) is 0 Å². The Labute approximate surface area is 169 Å². The number of hydrogen-bond acceptors (Lipinski definition) is 6. The number of para-hydroxylation sites is 1. The summed E-state index contributed by atoms with van der Waals surface area (Å²) in [5, 5.41) is 0.499. The molecule has 3 aromatic rings. The molecule has 150 valence electrons. The summed E-state index contributed by atoms with van der Waals surface area (Å²) >= 11 is 1.45. The maximum absolute atomic E-state index is 12.7. The molecule has 8 heteroatoms. The first-order valence-corrected chi connectivity index (χ1v) is 11.7. The van der Waals surface area contributed by atoms with E-state index in [1.54, 1.807) is 18.2 Å². The van der Waals surface area contributed by atoms with E-state index in [1.807, 2.05) is 45.0 Å². The van der Waals surface area contributed by atoms with Crippen molar-refractivity contribution >= 4 is 32.9 Å². The molecular weight excluding hydrogens is 396 g/mol. The van der Waals surface area contributed by atoms with Gasteiger partial charge in [-0.2, -0.15) is 4.31 Å². The van der Waals surface area contributed by atoms with Gasteiger partial charge in [-0.1, -0.05) is 43.8 Å². The Hall–Kier alpha value is -2.03. The summed E-state index contributed by atoms with van der Waals surface area (Å²) in [6.45, 7) is 7.06. The molecule has 1 aromatic heterocycles. The molecule has 1 heterocycles. The molecule has 0 atom stereocenters. The molecule has 6 nitrogen and oxygen atoms in total. The Kier molecular flexibility index (Phi) is 6.64. The lowest BCUT2D eigenvalue weighted by Gasteiger charge is -2.18. The molecule has 0 N–H and O–H groups in total. The third kappa shape index (κ3) is 4.34. The van der Waals surface area contributed by atoms with Crippen molar-refractivity contribution in [2.45, 2.75) is 36.6 Å². The standard InChI is InChI=1S/C20H24N2O4S2/c1-4-22(5-2)28(23,24)16-11-12-19-17(13-16)21-20(26-19)27-14-15-9-7-8-10-18(15)25-6-3/h7-13H,4-6,14H2,1-3H3. The van der Waals surface area contributed by atoms with Crippen molar-refractivity contribution in [2.24, 2.45) is 0 Å². The Morgan fingerprint density at radius 1 is 1.11 bits per heavy atom. The summed E-state index contributed by atoms with van der Waals surface area (Å²) in [6.07, 6.45) is 0. The lowest BCUT2D eigenvalue weighted by atomic mass is 10.2. The van der Waals surface area contributed by atoms with E-state index < -0.39 is 10.0 Å². The van der Waals surface area contributed by atoms with E-state index in [-0.39, 0.29) is 4.90 Å². The van der Waals surface area contributed by atoms with Gasteiger partial charge in [-0.25, -0.2) is 13.4 Å². The van der Waals surface area contributed by atoms with Gasteiger partial charge in [0.2, 0.25) is 10.0 Å². The van der Waals surface area contributed by atoms with Gasteiger partial charge in [0.1, 0.15) is 11.3 Å². The molecule has 0 bridgehead atoms. The molecule has 0 saturated carbocycles. The summed E-state index contributed by atoms with van der Waals surface area (Å²) in [7, 11) is -3.52. The fourth-order valence-electron chi connectivity index (χ4n) is 2.88. The largest absolute Gasteiger partial charge is 0.494 e. The van der Waals surface area contributed by atoms with E-state index in [2.05, 4.69) is 4.98 Å². The second kappa shape index (κ2) is 8.98. The molecule has 0 aliphatic carbocycles. The predicted octanol–water partition coefficient (Wildman–Crippen LogP) is 4.55. The number of oxazole rings is 1. The Bertz CT molecular complexity index is 1040. The van der Waals surface area contributed by atoms with Gasteiger partial charge in [-0.15, -0.1) is 0 Å². The highest BCUT2D eigenvalue weighted by Gasteiger charge is 2.22. The number of nitrogens with zero attached hydrogens (tertiary/aromatic N) is 2. The number of aromatic nitrogens is 1. The van der Waals surface area contributed by atoms with Crippen LogP contribution < -0.4 is 4.74 Å². The lowest BCUT2D eigenvalue weighted by molar-refractivity contribution is 0.337. The van der Waals surface area contributed by atoms with Crippen LogP contribution in [0.3, 0.4) is 0 Å². The number of fused-ring (bicyclic) bond motifs is 1. The molecule has 3 rings (SSSR count). The maximum Gasteiger partial charge on any atom is 0.257 e. The molecule has 0 fully saturated rings. The molecule has 0 spiro atoms. The molecule has 0 amide bonds. The van der Waals surface area contributed by atoms with E-state index in [4.69, 9.17) is 9.15 Å².